The summed E-state index contributed by atoms with van der Waals surface area (Å²) < 4.78 is 2.12. The van der Waals surface area contributed by atoms with Crippen molar-refractivity contribution in [3.63, 3.8) is 0 Å². The Morgan fingerprint density at radius 2 is 2.04 bits per heavy atom. The molecule has 0 aliphatic heterocycles. The molecule has 0 bridgehead atoms. The fourth-order valence-corrected chi connectivity index (χ4v) is 2.84. The van der Waals surface area contributed by atoms with E-state index in [9.17, 15) is 4.79 Å². The predicted octanol–water partition coefficient (Wildman–Crippen LogP) is 3.22. The summed E-state index contributed by atoms with van der Waals surface area (Å²) in [7, 11) is 3.84. The zero-order valence-corrected chi connectivity index (χ0v) is 14.7. The lowest BCUT2D eigenvalue weighted by Crippen LogP contribution is -2.25. The Labute approximate surface area is 147 Å². The number of allylic oxidation sites excluding steroid dienone is 1. The number of aryl methyl sites for hydroxylation is 1. The quantitative estimate of drug-likeness (QED) is 0.745. The third kappa shape index (κ3) is 3.55. The van der Waals surface area contributed by atoms with Gasteiger partial charge in [-0.1, -0.05) is 18.2 Å². The molecule has 128 valence electrons. The molecule has 0 aliphatic rings. The molecule has 0 saturated heterocycles. The molecule has 0 fully saturated rings. The highest BCUT2D eigenvalue weighted by Gasteiger charge is 2.12. The molecule has 3 rings (SSSR count). The summed E-state index contributed by atoms with van der Waals surface area (Å²) in [5, 5.41) is 1.18. The average Bonchev–Trinajstić information content (AvgIpc) is 2.91. The van der Waals surface area contributed by atoms with Gasteiger partial charge < -0.3 is 15.2 Å². The van der Waals surface area contributed by atoms with Gasteiger partial charge in [0.25, 0.3) is 0 Å². The van der Waals surface area contributed by atoms with Gasteiger partial charge in [0.15, 0.2) is 0 Å². The first kappa shape index (κ1) is 16.8. The van der Waals surface area contributed by atoms with Crippen LogP contribution in [0.4, 0.5) is 5.82 Å². The number of carbonyl (C=O) groups excluding carboxylic acids is 1. The molecule has 0 aliphatic carbocycles. The van der Waals surface area contributed by atoms with E-state index in [2.05, 4.69) is 27.8 Å². The van der Waals surface area contributed by atoms with Gasteiger partial charge in [-0.2, -0.15) is 0 Å². The molecule has 25 heavy (non-hydrogen) atoms. The zero-order chi connectivity index (χ0) is 18.0. The molecule has 1 aromatic carbocycles. The first-order valence-electron chi connectivity index (χ1n) is 8.14. The van der Waals surface area contributed by atoms with Crippen LogP contribution in [0.25, 0.3) is 16.5 Å². The zero-order valence-electron chi connectivity index (χ0n) is 14.7. The van der Waals surface area contributed by atoms with Crippen LogP contribution >= 0.6 is 0 Å². The van der Waals surface area contributed by atoms with E-state index in [0.29, 0.717) is 12.4 Å². The van der Waals surface area contributed by atoms with Crippen molar-refractivity contribution in [3.05, 3.63) is 66.0 Å². The molecule has 5 heteroatoms. The number of para-hydroxylation sites is 1. The first-order chi connectivity index (χ1) is 12.0. The van der Waals surface area contributed by atoms with E-state index in [-0.39, 0.29) is 5.91 Å². The Morgan fingerprint density at radius 1 is 1.28 bits per heavy atom. The number of rotatable bonds is 4. The normalized spacial score (nSPS) is 11.7. The lowest BCUT2D eigenvalue weighted by Gasteiger charge is -2.16. The number of nitrogens with zero attached hydrogens (tertiary/aromatic N) is 3. The predicted molar refractivity (Wildman–Crippen MR) is 102 cm³/mol. The topological polar surface area (TPSA) is 64.2 Å². The van der Waals surface area contributed by atoms with Gasteiger partial charge in [0.1, 0.15) is 5.82 Å². The van der Waals surface area contributed by atoms with E-state index in [1.807, 2.05) is 39.2 Å². The molecule has 0 unspecified atom stereocenters. The monoisotopic (exact) mass is 334 g/mol. The number of fused-ring (bicyclic) bond motifs is 1. The van der Waals surface area contributed by atoms with Crippen LogP contribution in [0.2, 0.25) is 0 Å². The number of hydrogen-bond donors (Lipinski definition) is 1. The Hall–Kier alpha value is -3.08. The standard InChI is InChI=1S/C20H22N4O/c1-14(16-8-9-19(21)22-12-16)10-20(25)23(2)13-17-11-15-6-4-5-7-18(15)24(17)3/h4-12H,13H2,1-3H3,(H2,21,22). The third-order valence-corrected chi connectivity index (χ3v) is 4.41. The Morgan fingerprint density at radius 3 is 2.72 bits per heavy atom. The summed E-state index contributed by atoms with van der Waals surface area (Å²) in [4.78, 5) is 18.3. The molecule has 0 radical (unpaired) electrons. The Kier molecular flexibility index (Phi) is 4.57. The van der Waals surface area contributed by atoms with Crippen LogP contribution < -0.4 is 5.73 Å². The van der Waals surface area contributed by atoms with Crippen LogP contribution in [0, 0.1) is 0 Å². The van der Waals surface area contributed by atoms with Crippen molar-refractivity contribution in [1.82, 2.24) is 14.5 Å². The van der Waals surface area contributed by atoms with Crippen LogP contribution in [-0.4, -0.2) is 27.4 Å². The number of aromatic nitrogens is 2. The van der Waals surface area contributed by atoms with Gasteiger partial charge in [-0.25, -0.2) is 4.98 Å². The molecule has 2 heterocycles. The lowest BCUT2D eigenvalue weighted by molar-refractivity contribution is -0.125. The molecular weight excluding hydrogens is 312 g/mol. The number of benzene rings is 1. The van der Waals surface area contributed by atoms with E-state index in [1.54, 1.807) is 23.2 Å². The highest BCUT2D eigenvalue weighted by Crippen LogP contribution is 2.20. The second-order valence-corrected chi connectivity index (χ2v) is 6.25. The molecule has 0 spiro atoms. The maximum absolute atomic E-state index is 12.5. The fraction of sp³-hybridized carbons (Fsp3) is 0.200. The van der Waals surface area contributed by atoms with Crippen molar-refractivity contribution in [1.29, 1.82) is 0 Å². The summed E-state index contributed by atoms with van der Waals surface area (Å²) >= 11 is 0. The van der Waals surface area contributed by atoms with Crippen molar-refractivity contribution in [2.45, 2.75) is 13.5 Å². The number of amides is 1. The summed E-state index contributed by atoms with van der Waals surface area (Å²) in [5.74, 6) is 0.426. The second kappa shape index (κ2) is 6.81. The molecule has 0 saturated carbocycles. The van der Waals surface area contributed by atoms with Crippen molar-refractivity contribution < 1.29 is 4.79 Å². The smallest absolute Gasteiger partial charge is 0.246 e. The number of carbonyl (C=O) groups is 1. The first-order valence-corrected chi connectivity index (χ1v) is 8.14. The maximum atomic E-state index is 12.5. The van der Waals surface area contributed by atoms with Gasteiger partial charge >= 0.3 is 0 Å². The number of nitrogen functional groups attached to an aromatic ring is 1. The van der Waals surface area contributed by atoms with Gasteiger partial charge in [0.2, 0.25) is 5.91 Å². The summed E-state index contributed by atoms with van der Waals surface area (Å²) in [6.07, 6.45) is 3.31. The van der Waals surface area contributed by atoms with Crippen LogP contribution in [0.5, 0.6) is 0 Å². The molecule has 3 aromatic rings. The minimum absolute atomic E-state index is 0.0421. The number of pyridine rings is 1. The fourth-order valence-electron chi connectivity index (χ4n) is 2.84. The molecule has 0 atom stereocenters. The van der Waals surface area contributed by atoms with Gasteiger partial charge in [-0.3, -0.25) is 4.79 Å². The molecular formula is C20H22N4O. The molecule has 1 amide bonds. The van der Waals surface area contributed by atoms with Crippen LogP contribution in [-0.2, 0) is 18.4 Å². The molecule has 2 N–H and O–H groups in total. The van der Waals surface area contributed by atoms with Crippen molar-refractivity contribution in [2.24, 2.45) is 7.05 Å². The van der Waals surface area contributed by atoms with E-state index in [1.165, 1.54) is 5.39 Å². The van der Waals surface area contributed by atoms with Gasteiger partial charge in [-0.05, 0) is 47.7 Å². The largest absolute Gasteiger partial charge is 0.384 e. The molecule has 2 aromatic heterocycles. The average molecular weight is 334 g/mol. The second-order valence-electron chi connectivity index (χ2n) is 6.25. The van der Waals surface area contributed by atoms with Crippen molar-refractivity contribution >= 4 is 28.2 Å². The highest BCUT2D eigenvalue weighted by molar-refractivity contribution is 5.94. The van der Waals surface area contributed by atoms with Crippen molar-refractivity contribution in [2.75, 3.05) is 12.8 Å². The van der Waals surface area contributed by atoms with E-state index < -0.39 is 0 Å². The number of anilines is 1. The van der Waals surface area contributed by atoms with Crippen LogP contribution in [0.1, 0.15) is 18.2 Å². The maximum Gasteiger partial charge on any atom is 0.246 e. The molecule has 5 nitrogen and oxygen atoms in total. The number of hydrogen-bond acceptors (Lipinski definition) is 3. The van der Waals surface area contributed by atoms with E-state index >= 15 is 0 Å². The van der Waals surface area contributed by atoms with Crippen LogP contribution in [0.15, 0.2) is 54.7 Å². The summed E-state index contributed by atoms with van der Waals surface area (Å²) in [5.41, 5.74) is 9.61. The highest BCUT2D eigenvalue weighted by atomic mass is 16.2. The Bertz CT molecular complexity index is 938. The van der Waals surface area contributed by atoms with Gasteiger partial charge in [0, 0.05) is 37.6 Å². The van der Waals surface area contributed by atoms with Gasteiger partial charge in [-0.15, -0.1) is 0 Å². The number of likely N-dealkylation sites (N-methyl/N-ethyl adjacent to an activating group) is 1. The van der Waals surface area contributed by atoms with Crippen molar-refractivity contribution in [3.8, 4) is 0 Å². The number of nitrogens with two attached hydrogens (primary N) is 1. The van der Waals surface area contributed by atoms with Crippen LogP contribution in [0.3, 0.4) is 0 Å². The summed E-state index contributed by atoms with van der Waals surface area (Å²) in [6, 6.07) is 13.9. The minimum Gasteiger partial charge on any atom is -0.384 e. The summed E-state index contributed by atoms with van der Waals surface area (Å²) in [6.45, 7) is 2.45. The van der Waals surface area contributed by atoms with E-state index in [4.69, 9.17) is 5.73 Å². The third-order valence-electron chi connectivity index (χ3n) is 4.41. The lowest BCUT2D eigenvalue weighted by atomic mass is 10.1. The SMILES string of the molecule is CC(=CC(=O)N(C)Cc1cc2ccccc2n1C)c1ccc(N)nc1. The van der Waals surface area contributed by atoms with Gasteiger partial charge in [0.05, 0.1) is 6.54 Å². The Balaban J connectivity index is 1.76. The van der Waals surface area contributed by atoms with E-state index in [0.717, 1.165) is 22.3 Å². The minimum atomic E-state index is -0.0421.